The molecule has 2 N–H and O–H groups in total. The Morgan fingerprint density at radius 3 is 2.19 bits per heavy atom. The van der Waals surface area contributed by atoms with Crippen molar-refractivity contribution in [1.29, 1.82) is 0 Å². The molecule has 1 aromatic carbocycles. The fourth-order valence-corrected chi connectivity index (χ4v) is 3.98. The molecule has 0 heterocycles. The van der Waals surface area contributed by atoms with Gasteiger partial charge in [0.25, 0.3) is 0 Å². The van der Waals surface area contributed by atoms with Crippen molar-refractivity contribution in [3.05, 3.63) is 29.8 Å². The molecule has 2 saturated carbocycles. The predicted molar refractivity (Wildman–Crippen MR) is 105 cm³/mol. The second kappa shape index (κ2) is 7.81. The summed E-state index contributed by atoms with van der Waals surface area (Å²) in [4.78, 5) is 25.1. The van der Waals surface area contributed by atoms with Crippen molar-refractivity contribution in [3.8, 4) is 0 Å². The number of anilines is 1. The third kappa shape index (κ3) is 4.66. The van der Waals surface area contributed by atoms with Gasteiger partial charge in [0.15, 0.2) is 0 Å². The van der Waals surface area contributed by atoms with Gasteiger partial charge in [-0.2, -0.15) is 0 Å². The van der Waals surface area contributed by atoms with Crippen molar-refractivity contribution in [2.24, 2.45) is 11.8 Å². The zero-order valence-corrected chi connectivity index (χ0v) is 16.3. The van der Waals surface area contributed by atoms with Crippen LogP contribution in [0.4, 0.5) is 5.69 Å². The smallest absolute Gasteiger partial charge is 0.228 e. The molecule has 2 atom stereocenters. The molecule has 0 bridgehead atoms. The summed E-state index contributed by atoms with van der Waals surface area (Å²) in [7, 11) is 0. The first-order chi connectivity index (χ1) is 12.4. The SMILES string of the molecule is CC(C)(C)c1ccccc1NC(=O)C1CC1C(=O)NC1CCCCCC1. The minimum atomic E-state index is -0.186. The number of amides is 2. The van der Waals surface area contributed by atoms with Gasteiger partial charge in [0.1, 0.15) is 0 Å². The summed E-state index contributed by atoms with van der Waals surface area (Å²) >= 11 is 0. The Morgan fingerprint density at radius 1 is 0.923 bits per heavy atom. The maximum atomic E-state index is 12.6. The van der Waals surface area contributed by atoms with Crippen molar-refractivity contribution in [2.75, 3.05) is 5.32 Å². The molecule has 0 spiro atoms. The molecule has 26 heavy (non-hydrogen) atoms. The normalized spacial score (nSPS) is 23.8. The van der Waals surface area contributed by atoms with Crippen LogP contribution in [0.15, 0.2) is 24.3 Å². The van der Waals surface area contributed by atoms with Gasteiger partial charge >= 0.3 is 0 Å². The average Bonchev–Trinajstić information content (AvgIpc) is 3.39. The lowest BCUT2D eigenvalue weighted by molar-refractivity contribution is -0.125. The van der Waals surface area contributed by atoms with Gasteiger partial charge in [-0.1, -0.05) is 64.7 Å². The van der Waals surface area contributed by atoms with Gasteiger partial charge in [-0.25, -0.2) is 0 Å². The van der Waals surface area contributed by atoms with Crippen LogP contribution in [-0.4, -0.2) is 17.9 Å². The molecule has 0 aliphatic heterocycles. The van der Waals surface area contributed by atoms with Gasteiger partial charge < -0.3 is 10.6 Å². The standard InChI is InChI=1S/C22H32N2O2/c1-22(2,3)18-12-8-9-13-19(18)24-21(26)17-14-16(17)20(25)23-15-10-6-4-5-7-11-15/h8-9,12-13,15-17H,4-7,10-11,14H2,1-3H3,(H,23,25)(H,24,26). The van der Waals surface area contributed by atoms with Crippen molar-refractivity contribution in [3.63, 3.8) is 0 Å². The Bertz CT molecular complexity index is 654. The molecule has 2 fully saturated rings. The highest BCUT2D eigenvalue weighted by molar-refractivity contribution is 6.00. The highest BCUT2D eigenvalue weighted by Crippen LogP contribution is 2.40. The second-order valence-corrected chi connectivity index (χ2v) is 8.93. The molecule has 0 saturated heterocycles. The van der Waals surface area contributed by atoms with Crippen LogP contribution in [0.25, 0.3) is 0 Å². The van der Waals surface area contributed by atoms with Crippen molar-refractivity contribution >= 4 is 17.5 Å². The fraction of sp³-hybridized carbons (Fsp3) is 0.636. The van der Waals surface area contributed by atoms with Gasteiger partial charge in [-0.05, 0) is 36.3 Å². The molecule has 0 aromatic heterocycles. The number of benzene rings is 1. The summed E-state index contributed by atoms with van der Waals surface area (Å²) in [6.07, 6.45) is 7.76. The van der Waals surface area contributed by atoms with E-state index in [-0.39, 0.29) is 29.1 Å². The zero-order chi connectivity index (χ0) is 18.7. The summed E-state index contributed by atoms with van der Waals surface area (Å²) in [6.45, 7) is 6.41. The second-order valence-electron chi connectivity index (χ2n) is 8.93. The maximum Gasteiger partial charge on any atom is 0.228 e. The Hall–Kier alpha value is -1.84. The van der Waals surface area contributed by atoms with Crippen LogP contribution in [0, 0.1) is 11.8 Å². The van der Waals surface area contributed by atoms with Crippen LogP contribution >= 0.6 is 0 Å². The quantitative estimate of drug-likeness (QED) is 0.786. The van der Waals surface area contributed by atoms with Crippen LogP contribution in [0.2, 0.25) is 0 Å². The van der Waals surface area contributed by atoms with Crippen LogP contribution < -0.4 is 10.6 Å². The van der Waals surface area contributed by atoms with E-state index in [1.807, 2.05) is 18.2 Å². The zero-order valence-electron chi connectivity index (χ0n) is 16.3. The van der Waals surface area contributed by atoms with E-state index in [0.29, 0.717) is 12.5 Å². The molecule has 2 aliphatic rings. The number of carbonyl (C=O) groups is 2. The van der Waals surface area contributed by atoms with E-state index < -0.39 is 0 Å². The fourth-order valence-electron chi connectivity index (χ4n) is 3.98. The highest BCUT2D eigenvalue weighted by atomic mass is 16.2. The van der Waals surface area contributed by atoms with Gasteiger partial charge in [0.05, 0.1) is 11.8 Å². The molecular weight excluding hydrogens is 324 g/mol. The molecule has 0 radical (unpaired) electrons. The molecule has 4 nitrogen and oxygen atoms in total. The van der Waals surface area contributed by atoms with Gasteiger partial charge in [-0.15, -0.1) is 0 Å². The summed E-state index contributed by atoms with van der Waals surface area (Å²) in [5.41, 5.74) is 1.94. The molecule has 3 rings (SSSR count). The first-order valence-electron chi connectivity index (χ1n) is 10.1. The Balaban J connectivity index is 1.55. The monoisotopic (exact) mass is 356 g/mol. The number of hydrogen-bond donors (Lipinski definition) is 2. The maximum absolute atomic E-state index is 12.6. The number of carbonyl (C=O) groups excluding carboxylic acids is 2. The van der Waals surface area contributed by atoms with E-state index in [9.17, 15) is 9.59 Å². The van der Waals surface area contributed by atoms with Crippen LogP contribution in [0.5, 0.6) is 0 Å². The lowest BCUT2D eigenvalue weighted by Crippen LogP contribution is -2.36. The first kappa shape index (κ1) is 18.9. The summed E-state index contributed by atoms with van der Waals surface area (Å²) in [5.74, 6) is -0.294. The van der Waals surface area contributed by atoms with Crippen LogP contribution in [-0.2, 0) is 15.0 Å². The molecule has 2 aliphatic carbocycles. The van der Waals surface area contributed by atoms with Crippen molar-refractivity contribution < 1.29 is 9.59 Å². The van der Waals surface area contributed by atoms with Crippen LogP contribution in [0.1, 0.15) is 71.3 Å². The van der Waals surface area contributed by atoms with E-state index in [4.69, 9.17) is 0 Å². The van der Waals surface area contributed by atoms with Gasteiger partial charge in [0, 0.05) is 11.7 Å². The van der Waals surface area contributed by atoms with Gasteiger partial charge in [0.2, 0.25) is 11.8 Å². The minimum Gasteiger partial charge on any atom is -0.353 e. The molecule has 4 heteroatoms. The first-order valence-corrected chi connectivity index (χ1v) is 10.1. The van der Waals surface area contributed by atoms with Crippen molar-refractivity contribution in [2.45, 2.75) is 77.2 Å². The Labute approximate surface area is 157 Å². The third-order valence-corrected chi connectivity index (χ3v) is 5.66. The number of rotatable bonds is 4. The van der Waals surface area contributed by atoms with E-state index >= 15 is 0 Å². The largest absolute Gasteiger partial charge is 0.353 e. The van der Waals surface area contributed by atoms with E-state index in [1.165, 1.54) is 25.7 Å². The molecular formula is C22H32N2O2. The highest BCUT2D eigenvalue weighted by Gasteiger charge is 2.48. The minimum absolute atomic E-state index is 0.0253. The van der Waals surface area contributed by atoms with E-state index in [0.717, 1.165) is 24.1 Å². The molecule has 1 aromatic rings. The van der Waals surface area contributed by atoms with Gasteiger partial charge in [-0.3, -0.25) is 9.59 Å². The van der Waals surface area contributed by atoms with E-state index in [1.54, 1.807) is 0 Å². The number of nitrogens with one attached hydrogen (secondary N) is 2. The van der Waals surface area contributed by atoms with E-state index in [2.05, 4.69) is 37.5 Å². The Kier molecular flexibility index (Phi) is 5.69. The predicted octanol–water partition coefficient (Wildman–Crippen LogP) is 4.40. The van der Waals surface area contributed by atoms with Crippen LogP contribution in [0.3, 0.4) is 0 Å². The molecule has 2 unspecified atom stereocenters. The summed E-state index contributed by atoms with van der Waals surface area (Å²) in [6, 6.07) is 8.24. The molecule has 142 valence electrons. The lowest BCUT2D eigenvalue weighted by atomic mass is 9.86. The topological polar surface area (TPSA) is 58.2 Å². The third-order valence-electron chi connectivity index (χ3n) is 5.66. The number of hydrogen-bond acceptors (Lipinski definition) is 2. The number of para-hydroxylation sites is 1. The molecule has 2 amide bonds. The Morgan fingerprint density at radius 2 is 1.54 bits per heavy atom. The summed E-state index contributed by atoms with van der Waals surface area (Å²) < 4.78 is 0. The average molecular weight is 357 g/mol. The summed E-state index contributed by atoms with van der Waals surface area (Å²) in [5, 5.41) is 6.24. The lowest BCUT2D eigenvalue weighted by Gasteiger charge is -2.23. The van der Waals surface area contributed by atoms with Crippen molar-refractivity contribution in [1.82, 2.24) is 5.32 Å².